The second kappa shape index (κ2) is 8.29. The molecule has 0 aromatic heterocycles. The van der Waals surface area contributed by atoms with Gasteiger partial charge in [0, 0.05) is 12.6 Å². The van der Waals surface area contributed by atoms with Gasteiger partial charge in [0.1, 0.15) is 11.2 Å². The van der Waals surface area contributed by atoms with Gasteiger partial charge in [0.15, 0.2) is 9.84 Å². The minimum atomic E-state index is -3.12. The SMILES string of the molecule is CCOc1ccccc1NC(=O)C(C)(C)C(=O)N(CC)C1CCS(=O)(=O)C1. The minimum absolute atomic E-state index is 0.0442. The normalized spacial score (nSPS) is 18.7. The van der Waals surface area contributed by atoms with Crippen molar-refractivity contribution in [2.24, 2.45) is 5.41 Å². The van der Waals surface area contributed by atoms with Crippen LogP contribution >= 0.6 is 0 Å². The molecule has 1 aliphatic rings. The molecule has 1 saturated heterocycles. The van der Waals surface area contributed by atoms with E-state index in [9.17, 15) is 18.0 Å². The molecule has 7 nitrogen and oxygen atoms in total. The van der Waals surface area contributed by atoms with Crippen LogP contribution in [0.3, 0.4) is 0 Å². The number of hydrogen-bond donors (Lipinski definition) is 1. The van der Waals surface area contributed by atoms with E-state index in [-0.39, 0.29) is 23.5 Å². The number of anilines is 1. The average Bonchev–Trinajstić information content (AvgIpc) is 2.97. The first-order valence-corrected chi connectivity index (χ1v) is 11.0. The third-order valence-corrected chi connectivity index (χ3v) is 6.54. The molecular weight excluding hydrogens is 368 g/mol. The summed E-state index contributed by atoms with van der Waals surface area (Å²) in [6, 6.07) is 6.65. The van der Waals surface area contributed by atoms with Crippen molar-refractivity contribution in [3.05, 3.63) is 24.3 Å². The van der Waals surface area contributed by atoms with Crippen molar-refractivity contribution >= 4 is 27.3 Å². The first-order chi connectivity index (χ1) is 12.6. The molecule has 0 spiro atoms. The van der Waals surface area contributed by atoms with Crippen LogP contribution < -0.4 is 10.1 Å². The Morgan fingerprint density at radius 3 is 2.48 bits per heavy atom. The van der Waals surface area contributed by atoms with E-state index in [1.54, 1.807) is 45.0 Å². The molecule has 8 heteroatoms. The van der Waals surface area contributed by atoms with Crippen LogP contribution in [-0.2, 0) is 19.4 Å². The fourth-order valence-electron chi connectivity index (χ4n) is 3.17. The molecule has 2 amide bonds. The van der Waals surface area contributed by atoms with Crippen LogP contribution in [0.25, 0.3) is 0 Å². The van der Waals surface area contributed by atoms with Crippen LogP contribution in [0.1, 0.15) is 34.1 Å². The van der Waals surface area contributed by atoms with Gasteiger partial charge >= 0.3 is 0 Å². The predicted octanol–water partition coefficient (Wildman–Crippen LogP) is 2.09. The highest BCUT2D eigenvalue weighted by molar-refractivity contribution is 7.91. The summed E-state index contributed by atoms with van der Waals surface area (Å²) in [5, 5.41) is 2.77. The first kappa shape index (κ1) is 21.2. The molecule has 1 aromatic carbocycles. The number of para-hydroxylation sites is 2. The average molecular weight is 397 g/mol. The summed E-state index contributed by atoms with van der Waals surface area (Å²) < 4.78 is 29.1. The Labute approximate surface area is 161 Å². The lowest BCUT2D eigenvalue weighted by Crippen LogP contribution is -2.51. The summed E-state index contributed by atoms with van der Waals surface area (Å²) in [6.45, 7) is 7.56. The number of carbonyl (C=O) groups excluding carboxylic acids is 2. The number of rotatable bonds is 7. The van der Waals surface area contributed by atoms with Crippen LogP contribution in [0.15, 0.2) is 24.3 Å². The molecule has 0 saturated carbocycles. The summed E-state index contributed by atoms with van der Waals surface area (Å²) in [5.41, 5.74) is -0.849. The van der Waals surface area contributed by atoms with Crippen molar-refractivity contribution in [1.82, 2.24) is 4.90 Å². The van der Waals surface area contributed by atoms with Crippen molar-refractivity contribution in [3.63, 3.8) is 0 Å². The van der Waals surface area contributed by atoms with Crippen molar-refractivity contribution < 1.29 is 22.7 Å². The number of nitrogens with one attached hydrogen (secondary N) is 1. The Morgan fingerprint density at radius 1 is 1.26 bits per heavy atom. The van der Waals surface area contributed by atoms with Gasteiger partial charge in [0.2, 0.25) is 11.8 Å². The predicted molar refractivity (Wildman–Crippen MR) is 104 cm³/mol. The van der Waals surface area contributed by atoms with Gasteiger partial charge in [-0.2, -0.15) is 0 Å². The molecule has 1 aliphatic heterocycles. The first-order valence-electron chi connectivity index (χ1n) is 9.17. The highest BCUT2D eigenvalue weighted by atomic mass is 32.2. The highest BCUT2D eigenvalue weighted by Crippen LogP contribution is 2.29. The van der Waals surface area contributed by atoms with E-state index < -0.39 is 21.2 Å². The zero-order valence-corrected chi connectivity index (χ0v) is 17.1. The molecule has 1 fully saturated rings. The zero-order chi connectivity index (χ0) is 20.2. The molecular formula is C19H28N2O5S. The largest absolute Gasteiger partial charge is 0.492 e. The molecule has 0 aliphatic carbocycles. The smallest absolute Gasteiger partial charge is 0.239 e. The molecule has 27 heavy (non-hydrogen) atoms. The Bertz CT molecular complexity index is 804. The monoisotopic (exact) mass is 396 g/mol. The lowest BCUT2D eigenvalue weighted by atomic mass is 9.89. The number of sulfone groups is 1. The zero-order valence-electron chi connectivity index (χ0n) is 16.3. The lowest BCUT2D eigenvalue weighted by molar-refractivity contribution is -0.147. The third-order valence-electron chi connectivity index (χ3n) is 4.79. The maximum atomic E-state index is 13.1. The number of amides is 2. The molecule has 1 unspecified atom stereocenters. The standard InChI is InChI=1S/C19H28N2O5S/c1-5-21(14-11-12-27(24,25)13-14)18(23)19(3,4)17(22)20-15-9-7-8-10-16(15)26-6-2/h7-10,14H,5-6,11-13H2,1-4H3,(H,20,22). The van der Waals surface area contributed by atoms with Gasteiger partial charge in [-0.3, -0.25) is 9.59 Å². The van der Waals surface area contributed by atoms with Gasteiger partial charge < -0.3 is 15.0 Å². The Kier molecular flexibility index (Phi) is 6.51. The Balaban J connectivity index is 2.18. The molecule has 1 N–H and O–H groups in total. The molecule has 150 valence electrons. The van der Waals surface area contributed by atoms with E-state index in [0.717, 1.165) is 0 Å². The highest BCUT2D eigenvalue weighted by Gasteiger charge is 2.43. The van der Waals surface area contributed by atoms with Crippen molar-refractivity contribution in [2.45, 2.75) is 40.2 Å². The molecule has 1 aromatic rings. The molecule has 0 radical (unpaired) electrons. The lowest BCUT2D eigenvalue weighted by Gasteiger charge is -2.34. The fraction of sp³-hybridized carbons (Fsp3) is 0.579. The van der Waals surface area contributed by atoms with Crippen molar-refractivity contribution in [2.75, 3.05) is 30.0 Å². The number of benzene rings is 1. The van der Waals surface area contributed by atoms with E-state index >= 15 is 0 Å². The maximum absolute atomic E-state index is 13.1. The summed E-state index contributed by atoms with van der Waals surface area (Å²) in [6.07, 6.45) is 0.410. The minimum Gasteiger partial charge on any atom is -0.492 e. The number of carbonyl (C=O) groups is 2. The topological polar surface area (TPSA) is 92.8 Å². The van der Waals surface area contributed by atoms with Gasteiger partial charge in [-0.15, -0.1) is 0 Å². The fourth-order valence-corrected chi connectivity index (χ4v) is 4.91. The van der Waals surface area contributed by atoms with E-state index in [4.69, 9.17) is 4.74 Å². The van der Waals surface area contributed by atoms with Crippen LogP contribution in [0.2, 0.25) is 0 Å². The Hall–Kier alpha value is -2.09. The second-order valence-electron chi connectivity index (χ2n) is 7.16. The van der Waals surface area contributed by atoms with Crippen molar-refractivity contribution in [3.8, 4) is 5.75 Å². The summed E-state index contributed by atoms with van der Waals surface area (Å²) in [7, 11) is -3.12. The molecule has 0 bridgehead atoms. The second-order valence-corrected chi connectivity index (χ2v) is 9.39. The molecule has 2 rings (SSSR count). The van der Waals surface area contributed by atoms with Gasteiger partial charge in [0.05, 0.1) is 23.8 Å². The van der Waals surface area contributed by atoms with Crippen LogP contribution in [0.5, 0.6) is 5.75 Å². The van der Waals surface area contributed by atoms with E-state index in [0.29, 0.717) is 31.0 Å². The third kappa shape index (κ3) is 4.80. The molecule has 1 heterocycles. The summed E-state index contributed by atoms with van der Waals surface area (Å²) >= 11 is 0. The van der Waals surface area contributed by atoms with E-state index in [1.165, 1.54) is 4.90 Å². The van der Waals surface area contributed by atoms with E-state index in [2.05, 4.69) is 5.32 Å². The quantitative estimate of drug-likeness (QED) is 0.713. The molecule has 1 atom stereocenters. The van der Waals surface area contributed by atoms with Crippen LogP contribution in [0, 0.1) is 5.41 Å². The van der Waals surface area contributed by atoms with Gasteiger partial charge in [-0.1, -0.05) is 12.1 Å². The maximum Gasteiger partial charge on any atom is 0.239 e. The van der Waals surface area contributed by atoms with Crippen LogP contribution in [-0.4, -0.2) is 55.8 Å². The summed E-state index contributed by atoms with van der Waals surface area (Å²) in [4.78, 5) is 27.5. The van der Waals surface area contributed by atoms with Crippen molar-refractivity contribution in [1.29, 1.82) is 0 Å². The van der Waals surface area contributed by atoms with Gasteiger partial charge in [-0.05, 0) is 46.2 Å². The van der Waals surface area contributed by atoms with Crippen LogP contribution in [0.4, 0.5) is 5.69 Å². The van der Waals surface area contributed by atoms with Gasteiger partial charge in [-0.25, -0.2) is 8.42 Å². The van der Waals surface area contributed by atoms with E-state index in [1.807, 2.05) is 6.92 Å². The number of ether oxygens (including phenoxy) is 1. The van der Waals surface area contributed by atoms with Gasteiger partial charge in [0.25, 0.3) is 0 Å². The number of nitrogens with zero attached hydrogens (tertiary/aromatic N) is 1. The summed E-state index contributed by atoms with van der Waals surface area (Å²) in [5.74, 6) is -0.268. The number of hydrogen-bond acceptors (Lipinski definition) is 5. The Morgan fingerprint density at radius 2 is 1.93 bits per heavy atom.